The van der Waals surface area contributed by atoms with Gasteiger partial charge in [-0.1, -0.05) is 69.4 Å². The van der Waals surface area contributed by atoms with Gasteiger partial charge < -0.3 is 10.2 Å². The zero-order valence-corrected chi connectivity index (χ0v) is 17.5. The molecule has 2 nitrogen and oxygen atoms in total. The number of hydrogen-bond donors (Lipinski definition) is 1. The third kappa shape index (κ3) is 6.92. The number of aryl methyl sites for hydroxylation is 1. The molecule has 28 heavy (non-hydrogen) atoms. The van der Waals surface area contributed by atoms with Crippen LogP contribution < -0.4 is 10.2 Å². The molecule has 2 heteroatoms. The molecule has 2 aromatic carbocycles. The highest BCUT2D eigenvalue weighted by atomic mass is 15.1. The second kappa shape index (κ2) is 12.8. The molecule has 0 radical (unpaired) electrons. The Kier molecular flexibility index (Phi) is 9.99. The lowest BCUT2D eigenvalue weighted by Crippen LogP contribution is -2.17. The van der Waals surface area contributed by atoms with Crippen molar-refractivity contribution in [2.75, 3.05) is 23.3 Å². The Labute approximate surface area is 172 Å². The van der Waals surface area contributed by atoms with Crippen LogP contribution in [-0.4, -0.2) is 13.1 Å². The average molecular weight is 377 g/mol. The number of benzene rings is 2. The van der Waals surface area contributed by atoms with Gasteiger partial charge in [0.15, 0.2) is 0 Å². The van der Waals surface area contributed by atoms with E-state index in [1.807, 2.05) is 12.2 Å². The first kappa shape index (κ1) is 21.8. The molecule has 0 spiro atoms. The largest absolute Gasteiger partial charge is 0.381 e. The molecule has 0 amide bonds. The Morgan fingerprint density at radius 3 is 2.32 bits per heavy atom. The fraction of sp³-hybridized carbons (Fsp3) is 0.385. The normalized spacial score (nSPS) is 10.5. The van der Waals surface area contributed by atoms with Crippen molar-refractivity contribution in [3.63, 3.8) is 0 Å². The molecule has 0 unspecified atom stereocenters. The fourth-order valence-electron chi connectivity index (χ4n) is 3.50. The van der Waals surface area contributed by atoms with Crippen LogP contribution in [0.15, 0.2) is 73.8 Å². The van der Waals surface area contributed by atoms with Gasteiger partial charge >= 0.3 is 0 Å². The number of unbranched alkanes of at least 4 members (excludes halogenated alkanes) is 5. The Morgan fingerprint density at radius 1 is 0.857 bits per heavy atom. The topological polar surface area (TPSA) is 15.3 Å². The van der Waals surface area contributed by atoms with E-state index in [2.05, 4.69) is 78.8 Å². The van der Waals surface area contributed by atoms with E-state index in [9.17, 15) is 0 Å². The van der Waals surface area contributed by atoms with Crippen molar-refractivity contribution in [2.24, 2.45) is 0 Å². The maximum absolute atomic E-state index is 3.95. The quantitative estimate of drug-likeness (QED) is 0.271. The third-order valence-electron chi connectivity index (χ3n) is 5.02. The van der Waals surface area contributed by atoms with Crippen molar-refractivity contribution < 1.29 is 0 Å². The molecule has 0 bridgehead atoms. The van der Waals surface area contributed by atoms with Gasteiger partial charge in [0, 0.05) is 30.2 Å². The zero-order chi connectivity index (χ0) is 20.0. The highest BCUT2D eigenvalue weighted by molar-refractivity contribution is 5.68. The SMILES string of the molecule is C=CCNc1ccc(N(CC=C)c2ccccc2)cc1CCCCCCCC. The fourth-order valence-corrected chi connectivity index (χ4v) is 3.50. The van der Waals surface area contributed by atoms with E-state index >= 15 is 0 Å². The first-order chi connectivity index (χ1) is 13.8. The molecule has 0 aliphatic rings. The number of anilines is 3. The third-order valence-corrected chi connectivity index (χ3v) is 5.02. The summed E-state index contributed by atoms with van der Waals surface area (Å²) >= 11 is 0. The summed E-state index contributed by atoms with van der Waals surface area (Å²) < 4.78 is 0. The van der Waals surface area contributed by atoms with E-state index in [1.165, 1.54) is 61.2 Å². The van der Waals surface area contributed by atoms with Gasteiger partial charge in [-0.15, -0.1) is 13.2 Å². The minimum Gasteiger partial charge on any atom is -0.381 e. The molecule has 0 aliphatic heterocycles. The lowest BCUT2D eigenvalue weighted by atomic mass is 10.0. The van der Waals surface area contributed by atoms with Crippen LogP contribution in [0.3, 0.4) is 0 Å². The number of nitrogens with one attached hydrogen (secondary N) is 1. The second-order valence-electron chi connectivity index (χ2n) is 7.26. The van der Waals surface area contributed by atoms with E-state index in [-0.39, 0.29) is 0 Å². The van der Waals surface area contributed by atoms with Gasteiger partial charge in [-0.25, -0.2) is 0 Å². The lowest BCUT2D eigenvalue weighted by molar-refractivity contribution is 0.608. The van der Waals surface area contributed by atoms with Crippen molar-refractivity contribution >= 4 is 17.1 Å². The Hall–Kier alpha value is -2.48. The lowest BCUT2D eigenvalue weighted by Gasteiger charge is -2.25. The first-order valence-electron chi connectivity index (χ1n) is 10.7. The molecule has 1 N–H and O–H groups in total. The van der Waals surface area contributed by atoms with Crippen molar-refractivity contribution in [1.82, 2.24) is 0 Å². The van der Waals surface area contributed by atoms with Crippen molar-refractivity contribution in [3.8, 4) is 0 Å². The summed E-state index contributed by atoms with van der Waals surface area (Å²) in [6, 6.07) is 17.3. The van der Waals surface area contributed by atoms with Crippen LogP contribution in [0.25, 0.3) is 0 Å². The number of nitrogens with zero attached hydrogens (tertiary/aromatic N) is 1. The zero-order valence-electron chi connectivity index (χ0n) is 17.5. The van der Waals surface area contributed by atoms with Crippen LogP contribution in [0.1, 0.15) is 51.0 Å². The Balaban J connectivity index is 2.17. The van der Waals surface area contributed by atoms with E-state index < -0.39 is 0 Å². The maximum Gasteiger partial charge on any atom is 0.0418 e. The van der Waals surface area contributed by atoms with Crippen molar-refractivity contribution in [3.05, 3.63) is 79.4 Å². The predicted octanol–water partition coefficient (Wildman–Crippen LogP) is 7.51. The van der Waals surface area contributed by atoms with E-state index in [1.54, 1.807) is 0 Å². The van der Waals surface area contributed by atoms with Crippen LogP contribution in [0, 0.1) is 0 Å². The van der Waals surface area contributed by atoms with Gasteiger partial charge in [-0.2, -0.15) is 0 Å². The Morgan fingerprint density at radius 2 is 1.61 bits per heavy atom. The summed E-state index contributed by atoms with van der Waals surface area (Å²) in [4.78, 5) is 2.31. The summed E-state index contributed by atoms with van der Waals surface area (Å²) in [7, 11) is 0. The molecule has 0 saturated carbocycles. The van der Waals surface area contributed by atoms with Crippen molar-refractivity contribution in [1.29, 1.82) is 0 Å². The highest BCUT2D eigenvalue weighted by Gasteiger charge is 2.11. The summed E-state index contributed by atoms with van der Waals surface area (Å²) in [6.07, 6.45) is 12.9. The molecule has 0 atom stereocenters. The minimum absolute atomic E-state index is 0.790. The van der Waals surface area contributed by atoms with Gasteiger partial charge in [-0.05, 0) is 48.7 Å². The molecule has 0 aliphatic carbocycles. The molecule has 0 heterocycles. The van der Waals surface area contributed by atoms with Crippen LogP contribution in [-0.2, 0) is 6.42 Å². The van der Waals surface area contributed by atoms with Crippen LogP contribution in [0.4, 0.5) is 17.1 Å². The highest BCUT2D eigenvalue weighted by Crippen LogP contribution is 2.30. The molecular formula is C26H36N2. The van der Waals surface area contributed by atoms with E-state index in [0.717, 1.165) is 19.5 Å². The summed E-state index contributed by atoms with van der Waals surface area (Å²) in [5.41, 5.74) is 5.03. The number of para-hydroxylation sites is 1. The van der Waals surface area contributed by atoms with E-state index in [0.29, 0.717) is 0 Å². The van der Waals surface area contributed by atoms with Gasteiger partial charge in [0.2, 0.25) is 0 Å². The predicted molar refractivity (Wildman–Crippen MR) is 126 cm³/mol. The molecular weight excluding hydrogens is 340 g/mol. The molecule has 0 aromatic heterocycles. The molecule has 0 fully saturated rings. The molecule has 2 aromatic rings. The Bertz CT molecular complexity index is 706. The average Bonchev–Trinajstić information content (AvgIpc) is 2.74. The molecule has 150 valence electrons. The van der Waals surface area contributed by atoms with Gasteiger partial charge in [0.1, 0.15) is 0 Å². The summed E-state index contributed by atoms with van der Waals surface area (Å²) in [5, 5.41) is 3.51. The first-order valence-corrected chi connectivity index (χ1v) is 10.7. The summed E-state index contributed by atoms with van der Waals surface area (Å²) in [5.74, 6) is 0. The van der Waals surface area contributed by atoms with Crippen LogP contribution >= 0.6 is 0 Å². The smallest absolute Gasteiger partial charge is 0.0418 e. The standard InChI is InChI=1S/C26H36N2/c1-4-7-8-9-10-12-15-23-22-25(18-19-26(23)27-20-5-2)28(21-6-3)24-16-13-11-14-17-24/h5-6,11,13-14,16-19,22,27H,2-4,7-10,12,15,20-21H2,1H3. The van der Waals surface area contributed by atoms with Gasteiger partial charge in [-0.3, -0.25) is 0 Å². The van der Waals surface area contributed by atoms with E-state index in [4.69, 9.17) is 0 Å². The van der Waals surface area contributed by atoms with Gasteiger partial charge in [0.25, 0.3) is 0 Å². The van der Waals surface area contributed by atoms with Crippen LogP contribution in [0.5, 0.6) is 0 Å². The molecule has 0 saturated heterocycles. The number of hydrogen-bond acceptors (Lipinski definition) is 2. The van der Waals surface area contributed by atoms with Crippen molar-refractivity contribution in [2.45, 2.75) is 51.9 Å². The second-order valence-corrected chi connectivity index (χ2v) is 7.26. The monoisotopic (exact) mass is 376 g/mol. The maximum atomic E-state index is 3.95. The number of rotatable bonds is 14. The van der Waals surface area contributed by atoms with Gasteiger partial charge in [0.05, 0.1) is 0 Å². The van der Waals surface area contributed by atoms with Crippen LogP contribution in [0.2, 0.25) is 0 Å². The molecule has 2 rings (SSSR count). The summed E-state index contributed by atoms with van der Waals surface area (Å²) in [6.45, 7) is 11.6. The minimum atomic E-state index is 0.790.